The van der Waals surface area contributed by atoms with Crippen LogP contribution in [0.25, 0.3) is 0 Å². The van der Waals surface area contributed by atoms with E-state index in [1.165, 1.54) is 173 Å². The fourth-order valence-electron chi connectivity index (χ4n) is 7.68. The lowest BCUT2D eigenvalue weighted by molar-refractivity contribution is -0.132. The van der Waals surface area contributed by atoms with E-state index in [0.29, 0.717) is 12.8 Å². The van der Waals surface area contributed by atoms with Crippen LogP contribution >= 0.6 is 0 Å². The second-order valence-electron chi connectivity index (χ2n) is 17.1. The monoisotopic (exact) mass is 804 g/mol. The van der Waals surface area contributed by atoms with Gasteiger partial charge in [0.1, 0.15) is 12.2 Å². The molecule has 0 aromatic carbocycles. The molecule has 4 atom stereocenters. The average molecular weight is 804 g/mol. The van der Waals surface area contributed by atoms with E-state index in [4.69, 9.17) is 0 Å². The fourth-order valence-corrected chi connectivity index (χ4v) is 7.68. The lowest BCUT2D eigenvalue weighted by Gasteiger charge is -2.27. The van der Waals surface area contributed by atoms with Crippen LogP contribution in [0.1, 0.15) is 251 Å². The topological polar surface area (TPSA) is 110 Å². The molecule has 0 fully saturated rings. The summed E-state index contributed by atoms with van der Waals surface area (Å²) in [4.78, 5) is 12.5. The van der Waals surface area contributed by atoms with Gasteiger partial charge in [0.25, 0.3) is 0 Å². The maximum Gasteiger partial charge on any atom is 0.249 e. The van der Waals surface area contributed by atoms with Crippen molar-refractivity contribution in [3.63, 3.8) is 0 Å². The smallest absolute Gasteiger partial charge is 0.249 e. The Kier molecular flexibility index (Phi) is 44.4. The summed E-state index contributed by atoms with van der Waals surface area (Å²) in [7, 11) is 0. The Hall–Kier alpha value is -1.47. The van der Waals surface area contributed by atoms with E-state index in [0.717, 1.165) is 51.4 Å². The van der Waals surface area contributed by atoms with E-state index in [1.54, 1.807) is 0 Å². The Balaban J connectivity index is 3.71. The normalized spacial score (nSPS) is 14.3. The van der Waals surface area contributed by atoms with Crippen molar-refractivity contribution in [3.05, 3.63) is 36.5 Å². The first-order valence-corrected chi connectivity index (χ1v) is 24.9. The van der Waals surface area contributed by atoms with Crippen LogP contribution in [-0.4, -0.2) is 57.3 Å². The van der Waals surface area contributed by atoms with Gasteiger partial charge in [-0.05, 0) is 64.2 Å². The van der Waals surface area contributed by atoms with Gasteiger partial charge in [0.15, 0.2) is 0 Å². The average Bonchev–Trinajstić information content (AvgIpc) is 3.22. The van der Waals surface area contributed by atoms with Crippen LogP contribution in [-0.2, 0) is 4.79 Å². The number of unbranched alkanes of at least 4 members (excludes halogenated alkanes) is 30. The van der Waals surface area contributed by atoms with E-state index in [9.17, 15) is 25.2 Å². The van der Waals surface area contributed by atoms with Gasteiger partial charge >= 0.3 is 0 Å². The molecule has 5 N–H and O–H groups in total. The molecule has 0 saturated carbocycles. The van der Waals surface area contributed by atoms with E-state index in [1.807, 2.05) is 0 Å². The van der Waals surface area contributed by atoms with E-state index in [-0.39, 0.29) is 0 Å². The summed E-state index contributed by atoms with van der Waals surface area (Å²) in [6.45, 7) is 3.96. The summed E-state index contributed by atoms with van der Waals surface area (Å²) >= 11 is 0. The highest BCUT2D eigenvalue weighted by molar-refractivity contribution is 5.80. The number of hydrogen-bond donors (Lipinski definition) is 5. The SMILES string of the molecule is CC/C=C\C/C=C\CCCCCCCCCCCCCCCC(O)C(=O)NC(CO)C(O)C(O)CCC/C=C/CCCCCCCCCCCCCCCCCC. The molecule has 336 valence electrons. The molecule has 0 aromatic heterocycles. The van der Waals surface area contributed by atoms with Crippen LogP contribution in [0, 0.1) is 0 Å². The standard InChI is InChI=1S/C51H97NO5/c1-3-5-7-9-11-13-15-17-19-21-23-25-27-28-30-32-34-36-38-40-42-44-48(54)50(56)47(46-53)52-51(57)49(55)45-43-41-39-37-35-33-31-29-26-24-22-20-18-16-14-12-10-8-6-4-2/h6,8,12,14,36,38,47-50,53-56H,3-5,7,9-11,13,15-35,37,39-46H2,1-2H3,(H,52,57)/b8-6-,14-12-,38-36+. The predicted octanol–water partition coefficient (Wildman–Crippen LogP) is 13.7. The summed E-state index contributed by atoms with van der Waals surface area (Å²) in [5, 5.41) is 43.8. The van der Waals surface area contributed by atoms with E-state index < -0.39 is 36.9 Å². The minimum Gasteiger partial charge on any atom is -0.394 e. The third kappa shape index (κ3) is 39.7. The van der Waals surface area contributed by atoms with Crippen molar-refractivity contribution in [2.45, 2.75) is 276 Å². The van der Waals surface area contributed by atoms with Gasteiger partial charge in [0, 0.05) is 0 Å². The number of allylic oxidation sites excluding steroid dienone is 6. The Bertz CT molecular complexity index is 904. The maximum absolute atomic E-state index is 12.5. The number of amides is 1. The van der Waals surface area contributed by atoms with Crippen molar-refractivity contribution in [1.82, 2.24) is 5.32 Å². The number of hydrogen-bond acceptors (Lipinski definition) is 5. The van der Waals surface area contributed by atoms with Gasteiger partial charge in [-0.3, -0.25) is 4.79 Å². The number of nitrogens with one attached hydrogen (secondary N) is 1. The van der Waals surface area contributed by atoms with Gasteiger partial charge in [-0.15, -0.1) is 0 Å². The van der Waals surface area contributed by atoms with Crippen LogP contribution in [0.5, 0.6) is 0 Å². The van der Waals surface area contributed by atoms with Crippen molar-refractivity contribution in [1.29, 1.82) is 0 Å². The zero-order valence-electron chi connectivity index (χ0n) is 37.8. The van der Waals surface area contributed by atoms with Crippen molar-refractivity contribution >= 4 is 5.91 Å². The second kappa shape index (κ2) is 45.6. The van der Waals surface area contributed by atoms with E-state index in [2.05, 4.69) is 55.6 Å². The first-order valence-electron chi connectivity index (χ1n) is 24.9. The highest BCUT2D eigenvalue weighted by Crippen LogP contribution is 2.17. The molecule has 57 heavy (non-hydrogen) atoms. The first kappa shape index (κ1) is 55.5. The molecule has 0 aliphatic rings. The zero-order chi connectivity index (χ0) is 41.7. The molecule has 6 heteroatoms. The maximum atomic E-state index is 12.5. The van der Waals surface area contributed by atoms with Gasteiger partial charge in [0.05, 0.1) is 18.8 Å². The van der Waals surface area contributed by atoms with Gasteiger partial charge in [-0.2, -0.15) is 0 Å². The van der Waals surface area contributed by atoms with Gasteiger partial charge in [-0.25, -0.2) is 0 Å². The van der Waals surface area contributed by atoms with Crippen LogP contribution in [0.15, 0.2) is 36.5 Å². The molecule has 0 saturated heterocycles. The van der Waals surface area contributed by atoms with Crippen molar-refractivity contribution in [2.24, 2.45) is 0 Å². The summed E-state index contributed by atoms with van der Waals surface area (Å²) in [6, 6.07) is -1.00. The van der Waals surface area contributed by atoms with Gasteiger partial charge < -0.3 is 25.7 Å². The highest BCUT2D eigenvalue weighted by Gasteiger charge is 2.28. The Morgan fingerprint density at radius 2 is 0.825 bits per heavy atom. The minimum atomic E-state index is -1.28. The summed E-state index contributed by atoms with van der Waals surface area (Å²) in [5.74, 6) is -0.593. The number of aliphatic hydroxyl groups is 4. The largest absolute Gasteiger partial charge is 0.394 e. The summed E-state index contributed by atoms with van der Waals surface area (Å²) < 4.78 is 0. The lowest BCUT2D eigenvalue weighted by Crippen LogP contribution is -2.53. The molecule has 0 aliphatic heterocycles. The molecule has 0 aliphatic carbocycles. The molecule has 0 aromatic rings. The molecule has 0 heterocycles. The second-order valence-corrected chi connectivity index (χ2v) is 17.1. The van der Waals surface area contributed by atoms with Crippen LogP contribution in [0.2, 0.25) is 0 Å². The zero-order valence-corrected chi connectivity index (χ0v) is 37.8. The van der Waals surface area contributed by atoms with Crippen LogP contribution in [0.3, 0.4) is 0 Å². The fraction of sp³-hybridized carbons (Fsp3) is 0.863. The molecule has 0 rings (SSSR count). The Morgan fingerprint density at radius 1 is 0.456 bits per heavy atom. The van der Waals surface area contributed by atoms with Crippen LogP contribution in [0.4, 0.5) is 0 Å². The molecule has 4 unspecified atom stereocenters. The van der Waals surface area contributed by atoms with Crippen molar-refractivity contribution in [2.75, 3.05) is 6.61 Å². The quantitative estimate of drug-likeness (QED) is 0.0311. The molecular formula is C51H97NO5. The molecule has 6 nitrogen and oxygen atoms in total. The predicted molar refractivity (Wildman–Crippen MR) is 247 cm³/mol. The van der Waals surface area contributed by atoms with Gasteiger partial charge in [-0.1, -0.05) is 224 Å². The van der Waals surface area contributed by atoms with Crippen molar-refractivity contribution in [3.8, 4) is 0 Å². The molecule has 0 bridgehead atoms. The number of carbonyl (C=O) groups excluding carboxylic acids is 1. The molecule has 1 amide bonds. The van der Waals surface area contributed by atoms with Crippen molar-refractivity contribution < 1.29 is 25.2 Å². The van der Waals surface area contributed by atoms with Gasteiger partial charge in [0.2, 0.25) is 5.91 Å². The summed E-state index contributed by atoms with van der Waals surface area (Å²) in [6.07, 6.45) is 54.8. The highest BCUT2D eigenvalue weighted by atomic mass is 16.3. The first-order chi connectivity index (χ1) is 28.0. The molecule has 0 spiro atoms. The lowest BCUT2D eigenvalue weighted by atomic mass is 10.00. The third-order valence-corrected chi connectivity index (χ3v) is 11.6. The number of rotatable bonds is 45. The number of aliphatic hydroxyl groups excluding tert-OH is 4. The van der Waals surface area contributed by atoms with E-state index >= 15 is 0 Å². The molecular weight excluding hydrogens is 707 g/mol. The number of carbonyl (C=O) groups is 1. The Labute approximate surface area is 354 Å². The summed E-state index contributed by atoms with van der Waals surface area (Å²) in [5.41, 5.74) is 0. The third-order valence-electron chi connectivity index (χ3n) is 11.6. The Morgan fingerprint density at radius 3 is 1.25 bits per heavy atom. The van der Waals surface area contributed by atoms with Crippen LogP contribution < -0.4 is 5.32 Å². The molecule has 0 radical (unpaired) electrons. The minimum absolute atomic E-state index is 0.362.